The molecule has 3 rings (SSSR count). The van der Waals surface area contributed by atoms with Crippen molar-refractivity contribution in [1.82, 2.24) is 20.0 Å². The average Bonchev–Trinajstić information content (AvgIpc) is 3.03. The quantitative estimate of drug-likeness (QED) is 0.750. The summed E-state index contributed by atoms with van der Waals surface area (Å²) in [5.74, 6) is 0.319. The van der Waals surface area contributed by atoms with Crippen LogP contribution in [-0.4, -0.2) is 89.1 Å². The third kappa shape index (κ3) is 3.68. The molecule has 2 N–H and O–H groups in total. The number of fused-ring (bicyclic) bond motifs is 1. The highest BCUT2D eigenvalue weighted by Crippen LogP contribution is 2.29. The molecule has 1 aromatic carbocycles. The van der Waals surface area contributed by atoms with E-state index < -0.39 is 18.3 Å². The molecule has 2 aliphatic rings. The number of nitrogens with one attached hydrogen (secondary N) is 1. The van der Waals surface area contributed by atoms with E-state index in [1.165, 1.54) is 11.9 Å². The number of likely N-dealkylation sites (N-methyl/N-ethyl adjacent to an activating group) is 2. The largest absolute Gasteiger partial charge is 0.390 e. The monoisotopic (exact) mass is 373 g/mol. The Kier molecular flexibility index (Phi) is 5.48. The Labute approximate surface area is 159 Å². The summed E-state index contributed by atoms with van der Waals surface area (Å²) in [7, 11) is 3.13. The van der Waals surface area contributed by atoms with Crippen LogP contribution in [-0.2, 0) is 4.79 Å². The normalized spacial score (nSPS) is 23.8. The van der Waals surface area contributed by atoms with Crippen molar-refractivity contribution in [2.24, 2.45) is 4.99 Å². The lowest BCUT2D eigenvalue weighted by molar-refractivity contribution is -0.136. The van der Waals surface area contributed by atoms with E-state index in [1.807, 2.05) is 49.1 Å². The first-order valence-electron chi connectivity index (χ1n) is 9.17. The van der Waals surface area contributed by atoms with Crippen LogP contribution in [0.1, 0.15) is 19.4 Å². The number of aliphatic hydroxyl groups is 1. The number of amidine groups is 1. The van der Waals surface area contributed by atoms with Crippen molar-refractivity contribution in [3.8, 4) is 0 Å². The number of rotatable bonds is 6. The Morgan fingerprint density at radius 2 is 1.85 bits per heavy atom. The van der Waals surface area contributed by atoms with Gasteiger partial charge in [0.1, 0.15) is 5.84 Å². The first-order chi connectivity index (χ1) is 12.8. The first-order valence-corrected chi connectivity index (χ1v) is 9.17. The van der Waals surface area contributed by atoms with Gasteiger partial charge in [0.15, 0.2) is 12.2 Å². The molecule has 2 aliphatic heterocycles. The highest BCUT2D eigenvalue weighted by molar-refractivity contribution is 6.08. The molecule has 1 saturated heterocycles. The summed E-state index contributed by atoms with van der Waals surface area (Å²) in [5, 5.41) is 13.7. The van der Waals surface area contributed by atoms with Crippen molar-refractivity contribution in [2.75, 3.05) is 27.2 Å². The predicted octanol–water partition coefficient (Wildman–Crippen LogP) is 0.326. The van der Waals surface area contributed by atoms with E-state index in [2.05, 4.69) is 5.32 Å². The zero-order valence-corrected chi connectivity index (χ0v) is 16.2. The molecule has 8 heteroatoms. The molecule has 1 fully saturated rings. The summed E-state index contributed by atoms with van der Waals surface area (Å²) in [6.45, 7) is 4.67. The number of amides is 3. The van der Waals surface area contributed by atoms with Gasteiger partial charge in [0.05, 0.1) is 6.10 Å². The molecule has 27 heavy (non-hydrogen) atoms. The maximum Gasteiger partial charge on any atom is 0.328 e. The van der Waals surface area contributed by atoms with Crippen LogP contribution in [0, 0.1) is 0 Å². The van der Waals surface area contributed by atoms with Crippen molar-refractivity contribution in [2.45, 2.75) is 38.2 Å². The maximum atomic E-state index is 12.9. The van der Waals surface area contributed by atoms with E-state index in [1.54, 1.807) is 7.05 Å². The van der Waals surface area contributed by atoms with Gasteiger partial charge in [-0.2, -0.15) is 0 Å². The van der Waals surface area contributed by atoms with Gasteiger partial charge < -0.3 is 20.2 Å². The molecule has 1 aromatic rings. The number of benzene rings is 1. The minimum absolute atomic E-state index is 0.246. The van der Waals surface area contributed by atoms with Crippen LogP contribution in [0.3, 0.4) is 0 Å². The minimum Gasteiger partial charge on any atom is -0.390 e. The molecule has 8 nitrogen and oxygen atoms in total. The number of aliphatic imine (C=N–C) groups is 1. The number of hydrogen-bond acceptors (Lipinski definition) is 6. The second-order valence-corrected chi connectivity index (χ2v) is 7.34. The van der Waals surface area contributed by atoms with Crippen molar-refractivity contribution >= 4 is 17.8 Å². The molecular weight excluding hydrogens is 346 g/mol. The molecule has 0 aliphatic carbocycles. The summed E-state index contributed by atoms with van der Waals surface area (Å²) < 4.78 is 0. The number of nitrogens with zero attached hydrogens (tertiary/aromatic N) is 4. The third-order valence-electron chi connectivity index (χ3n) is 4.92. The van der Waals surface area contributed by atoms with Crippen molar-refractivity contribution in [3.63, 3.8) is 0 Å². The van der Waals surface area contributed by atoms with Crippen LogP contribution in [0.15, 0.2) is 35.3 Å². The van der Waals surface area contributed by atoms with Crippen LogP contribution in [0.25, 0.3) is 0 Å². The fourth-order valence-electron chi connectivity index (χ4n) is 3.46. The molecule has 2 heterocycles. The summed E-state index contributed by atoms with van der Waals surface area (Å²) in [5.41, 5.74) is 0.854. The number of urea groups is 1. The number of hydrogen-bond donors (Lipinski definition) is 2. The lowest BCUT2D eigenvalue weighted by Gasteiger charge is -2.40. The van der Waals surface area contributed by atoms with E-state index in [-0.39, 0.29) is 24.5 Å². The van der Waals surface area contributed by atoms with Crippen LogP contribution in [0.5, 0.6) is 0 Å². The standard InChI is InChI=1S/C19H27N5O3/c1-12(2)20-10-14(25)11-24-15-17(22(3)19(27)23(4)18(15)26)21-16(24)13-8-6-5-7-9-13/h5-9,12,14-15,17,20,25H,10-11H2,1-4H3. The first kappa shape index (κ1) is 19.3. The minimum atomic E-state index is -0.680. The molecule has 0 saturated carbocycles. The third-order valence-corrected chi connectivity index (χ3v) is 4.92. The second-order valence-electron chi connectivity index (χ2n) is 7.34. The van der Waals surface area contributed by atoms with E-state index in [9.17, 15) is 14.7 Å². The smallest absolute Gasteiger partial charge is 0.328 e. The van der Waals surface area contributed by atoms with E-state index in [0.29, 0.717) is 12.4 Å². The number of aliphatic hydroxyl groups excluding tert-OH is 1. The van der Waals surface area contributed by atoms with Gasteiger partial charge >= 0.3 is 6.03 Å². The Balaban J connectivity index is 1.92. The molecular formula is C19H27N5O3. The summed E-state index contributed by atoms with van der Waals surface area (Å²) >= 11 is 0. The second kappa shape index (κ2) is 7.66. The average molecular weight is 373 g/mol. The zero-order chi connectivity index (χ0) is 19.7. The fraction of sp³-hybridized carbons (Fsp3) is 0.526. The van der Waals surface area contributed by atoms with Gasteiger partial charge in [-0.3, -0.25) is 9.69 Å². The number of imide groups is 1. The van der Waals surface area contributed by atoms with Gasteiger partial charge in [-0.05, 0) is 0 Å². The lowest BCUT2D eigenvalue weighted by atomic mass is 10.1. The van der Waals surface area contributed by atoms with Crippen molar-refractivity contribution in [3.05, 3.63) is 35.9 Å². The molecule has 146 valence electrons. The molecule has 0 radical (unpaired) electrons. The van der Waals surface area contributed by atoms with E-state index in [0.717, 1.165) is 10.5 Å². The maximum absolute atomic E-state index is 12.9. The SMILES string of the molecule is CC(C)NCC(O)CN1C(c2ccccc2)=NC2C1C(=O)N(C)C(=O)N2C. The fourth-order valence-corrected chi connectivity index (χ4v) is 3.46. The van der Waals surface area contributed by atoms with Gasteiger partial charge in [0.25, 0.3) is 5.91 Å². The Morgan fingerprint density at radius 1 is 1.19 bits per heavy atom. The van der Waals surface area contributed by atoms with Crippen molar-refractivity contribution in [1.29, 1.82) is 0 Å². The summed E-state index contributed by atoms with van der Waals surface area (Å²) in [6.07, 6.45) is -1.28. The van der Waals surface area contributed by atoms with Gasteiger partial charge in [-0.1, -0.05) is 44.2 Å². The van der Waals surface area contributed by atoms with Crippen LogP contribution in [0.4, 0.5) is 4.79 Å². The molecule has 0 spiro atoms. The molecule has 3 amide bonds. The highest BCUT2D eigenvalue weighted by Gasteiger charge is 2.51. The Bertz CT molecular complexity index is 736. The zero-order valence-electron chi connectivity index (χ0n) is 16.2. The van der Waals surface area contributed by atoms with Crippen LogP contribution in [0.2, 0.25) is 0 Å². The van der Waals surface area contributed by atoms with Gasteiger partial charge in [0.2, 0.25) is 0 Å². The molecule has 0 bridgehead atoms. The number of carbonyl (C=O) groups excluding carboxylic acids is 2. The molecule has 0 aromatic heterocycles. The van der Waals surface area contributed by atoms with Crippen LogP contribution >= 0.6 is 0 Å². The summed E-state index contributed by atoms with van der Waals surface area (Å²) in [6, 6.07) is 8.78. The number of β-amino-alcohol motifs (C(OH)–C–C–N with tert-alkyl or cyclic N) is 1. The molecule has 3 atom stereocenters. The Hall–Kier alpha value is -2.45. The van der Waals surface area contributed by atoms with E-state index in [4.69, 9.17) is 4.99 Å². The molecule has 3 unspecified atom stereocenters. The van der Waals surface area contributed by atoms with Crippen LogP contribution < -0.4 is 5.32 Å². The predicted molar refractivity (Wildman–Crippen MR) is 102 cm³/mol. The number of carbonyl (C=O) groups is 2. The highest BCUT2D eigenvalue weighted by atomic mass is 16.3. The van der Waals surface area contributed by atoms with Crippen molar-refractivity contribution < 1.29 is 14.7 Å². The van der Waals surface area contributed by atoms with Gasteiger partial charge in [0, 0.05) is 38.8 Å². The Morgan fingerprint density at radius 3 is 2.48 bits per heavy atom. The lowest BCUT2D eigenvalue weighted by Crippen LogP contribution is -2.64. The van der Waals surface area contributed by atoms with Gasteiger partial charge in [-0.25, -0.2) is 9.79 Å². The topological polar surface area (TPSA) is 88.5 Å². The van der Waals surface area contributed by atoms with Gasteiger partial charge in [-0.15, -0.1) is 0 Å². The summed E-state index contributed by atoms with van der Waals surface area (Å²) in [4.78, 5) is 34.3. The van der Waals surface area contributed by atoms with E-state index >= 15 is 0 Å².